The first-order valence-electron chi connectivity index (χ1n) is 6.70. The van der Waals surface area contributed by atoms with Crippen LogP contribution in [-0.2, 0) is 9.53 Å². The van der Waals surface area contributed by atoms with Gasteiger partial charge in [0.15, 0.2) is 5.60 Å². The van der Waals surface area contributed by atoms with Crippen LogP contribution in [-0.4, -0.2) is 34.0 Å². The molecule has 4 heteroatoms. The van der Waals surface area contributed by atoms with Crippen LogP contribution in [0.1, 0.15) is 54.4 Å². The van der Waals surface area contributed by atoms with Gasteiger partial charge in [-0.25, -0.2) is 4.79 Å². The van der Waals surface area contributed by atoms with Gasteiger partial charge in [-0.2, -0.15) is 0 Å². The molecule has 0 radical (unpaired) electrons. The lowest BCUT2D eigenvalue weighted by Crippen LogP contribution is -2.48. The lowest BCUT2D eigenvalue weighted by atomic mass is 9.84. The number of carbonyl (C=O) groups is 1. The number of aliphatic hydroxyl groups is 1. The van der Waals surface area contributed by atoms with Crippen molar-refractivity contribution < 1.29 is 19.7 Å². The number of aliphatic hydroxyl groups excluding tert-OH is 1. The van der Waals surface area contributed by atoms with E-state index in [1.807, 2.05) is 27.7 Å². The lowest BCUT2D eigenvalue weighted by molar-refractivity contribution is -0.187. The first-order valence-corrected chi connectivity index (χ1v) is 6.70. The largest absolute Gasteiger partial charge is 0.479 e. The van der Waals surface area contributed by atoms with Crippen molar-refractivity contribution in [1.29, 1.82) is 0 Å². The first kappa shape index (κ1) is 17.4. The van der Waals surface area contributed by atoms with Gasteiger partial charge in [-0.15, -0.1) is 0 Å². The molecule has 0 heterocycles. The van der Waals surface area contributed by atoms with Gasteiger partial charge in [-0.3, -0.25) is 0 Å². The minimum Gasteiger partial charge on any atom is -0.479 e. The molecule has 0 rings (SSSR count). The highest BCUT2D eigenvalue weighted by Crippen LogP contribution is 2.31. The molecule has 0 aromatic heterocycles. The van der Waals surface area contributed by atoms with E-state index in [-0.39, 0.29) is 11.8 Å². The van der Waals surface area contributed by atoms with Crippen LogP contribution < -0.4 is 0 Å². The Kier molecular flexibility index (Phi) is 6.86. The molecule has 108 valence electrons. The summed E-state index contributed by atoms with van der Waals surface area (Å²) in [5, 5.41) is 19.1. The summed E-state index contributed by atoms with van der Waals surface area (Å²) < 4.78 is 5.73. The molecule has 2 atom stereocenters. The molecule has 0 aromatic rings. The molecule has 0 aliphatic heterocycles. The van der Waals surface area contributed by atoms with Gasteiger partial charge in [0.1, 0.15) is 0 Å². The molecule has 0 spiro atoms. The van der Waals surface area contributed by atoms with Crippen LogP contribution in [0.25, 0.3) is 0 Å². The molecule has 18 heavy (non-hydrogen) atoms. The number of rotatable bonds is 8. The minimum atomic E-state index is -1.20. The Morgan fingerprint density at radius 1 is 1.06 bits per heavy atom. The molecule has 4 nitrogen and oxygen atoms in total. The zero-order valence-corrected chi connectivity index (χ0v) is 12.4. The molecule has 0 fully saturated rings. The second kappa shape index (κ2) is 7.10. The number of carboxylic acids is 1. The SMILES string of the molecule is CC(C)CC(CC(C)C)(OC(C)C(C)O)C(=O)O. The molecular formula is C14H28O4. The van der Waals surface area contributed by atoms with Gasteiger partial charge in [0.2, 0.25) is 0 Å². The maximum Gasteiger partial charge on any atom is 0.336 e. The van der Waals surface area contributed by atoms with Crippen LogP contribution in [0.3, 0.4) is 0 Å². The van der Waals surface area contributed by atoms with E-state index >= 15 is 0 Å². The highest BCUT2D eigenvalue weighted by Gasteiger charge is 2.42. The van der Waals surface area contributed by atoms with Crippen molar-refractivity contribution in [3.8, 4) is 0 Å². The summed E-state index contributed by atoms with van der Waals surface area (Å²) in [6.07, 6.45) is -0.253. The lowest BCUT2D eigenvalue weighted by Gasteiger charge is -2.36. The van der Waals surface area contributed by atoms with Crippen LogP contribution in [0.15, 0.2) is 0 Å². The molecular weight excluding hydrogens is 232 g/mol. The summed E-state index contributed by atoms with van der Waals surface area (Å²) in [5.41, 5.74) is -1.20. The van der Waals surface area contributed by atoms with Crippen LogP contribution in [0.4, 0.5) is 0 Å². The van der Waals surface area contributed by atoms with Gasteiger partial charge in [0.25, 0.3) is 0 Å². The third-order valence-electron chi connectivity index (χ3n) is 2.96. The monoisotopic (exact) mass is 260 g/mol. The molecule has 0 aromatic carbocycles. The van der Waals surface area contributed by atoms with Gasteiger partial charge in [-0.05, 0) is 38.5 Å². The number of hydrogen-bond acceptors (Lipinski definition) is 3. The molecule has 0 aliphatic rings. The van der Waals surface area contributed by atoms with Crippen molar-refractivity contribution in [2.24, 2.45) is 11.8 Å². The summed E-state index contributed by atoms with van der Waals surface area (Å²) in [6, 6.07) is 0. The molecule has 0 saturated heterocycles. The Bertz CT molecular complexity index is 249. The molecule has 2 N–H and O–H groups in total. The number of hydrogen-bond donors (Lipinski definition) is 2. The third kappa shape index (κ3) is 5.36. The smallest absolute Gasteiger partial charge is 0.336 e. The fraction of sp³-hybridized carbons (Fsp3) is 0.929. The molecule has 0 aliphatic carbocycles. The van der Waals surface area contributed by atoms with E-state index < -0.39 is 23.8 Å². The average molecular weight is 260 g/mol. The predicted molar refractivity (Wildman–Crippen MR) is 71.5 cm³/mol. The van der Waals surface area contributed by atoms with Gasteiger partial charge in [-0.1, -0.05) is 27.7 Å². The first-order chi connectivity index (χ1) is 8.10. The average Bonchev–Trinajstić information content (AvgIpc) is 2.14. The summed E-state index contributed by atoms with van der Waals surface area (Å²) in [5.74, 6) is -0.487. The normalized spacial score (nSPS) is 16.1. The van der Waals surface area contributed by atoms with Crippen LogP contribution >= 0.6 is 0 Å². The summed E-state index contributed by atoms with van der Waals surface area (Å²) in [7, 11) is 0. The van der Waals surface area contributed by atoms with Crippen molar-refractivity contribution in [3.63, 3.8) is 0 Å². The van der Waals surface area contributed by atoms with Gasteiger partial charge >= 0.3 is 5.97 Å². The predicted octanol–water partition coefficient (Wildman–Crippen LogP) is 2.69. The van der Waals surface area contributed by atoms with E-state index in [1.54, 1.807) is 13.8 Å². The fourth-order valence-electron chi connectivity index (χ4n) is 2.18. The minimum absolute atomic E-state index is 0.223. The standard InChI is InChI=1S/C14H28O4/c1-9(2)7-14(13(16)17,8-10(3)4)18-12(6)11(5)15/h9-12,15H,7-8H2,1-6H3,(H,16,17). The number of ether oxygens (including phenoxy) is 1. The summed E-state index contributed by atoms with van der Waals surface area (Å²) >= 11 is 0. The Hall–Kier alpha value is -0.610. The van der Waals surface area contributed by atoms with Crippen LogP contribution in [0.5, 0.6) is 0 Å². The number of aliphatic carboxylic acids is 1. The van der Waals surface area contributed by atoms with E-state index in [9.17, 15) is 15.0 Å². The Morgan fingerprint density at radius 2 is 1.44 bits per heavy atom. The van der Waals surface area contributed by atoms with E-state index in [0.29, 0.717) is 12.8 Å². The number of carboxylic acid groups (broad SMARTS) is 1. The van der Waals surface area contributed by atoms with Crippen molar-refractivity contribution in [2.75, 3.05) is 0 Å². The van der Waals surface area contributed by atoms with Crippen molar-refractivity contribution in [1.82, 2.24) is 0 Å². The Balaban J connectivity index is 5.12. The highest BCUT2D eigenvalue weighted by molar-refractivity contribution is 5.77. The van der Waals surface area contributed by atoms with Crippen molar-refractivity contribution >= 4 is 5.97 Å². The second-order valence-corrected chi connectivity index (χ2v) is 6.06. The van der Waals surface area contributed by atoms with E-state index in [1.165, 1.54) is 0 Å². The van der Waals surface area contributed by atoms with Gasteiger partial charge < -0.3 is 14.9 Å². The molecule has 2 unspecified atom stereocenters. The maximum absolute atomic E-state index is 11.6. The molecule has 0 amide bonds. The zero-order chi connectivity index (χ0) is 14.5. The van der Waals surface area contributed by atoms with E-state index in [2.05, 4.69) is 0 Å². The van der Waals surface area contributed by atoms with E-state index in [0.717, 1.165) is 0 Å². The van der Waals surface area contributed by atoms with E-state index in [4.69, 9.17) is 4.74 Å². The Morgan fingerprint density at radius 3 is 1.67 bits per heavy atom. The van der Waals surface area contributed by atoms with Crippen molar-refractivity contribution in [3.05, 3.63) is 0 Å². The van der Waals surface area contributed by atoms with Gasteiger partial charge in [0.05, 0.1) is 12.2 Å². The second-order valence-electron chi connectivity index (χ2n) is 6.06. The van der Waals surface area contributed by atoms with Crippen LogP contribution in [0.2, 0.25) is 0 Å². The maximum atomic E-state index is 11.6. The summed E-state index contributed by atoms with van der Waals surface area (Å²) in [4.78, 5) is 11.6. The van der Waals surface area contributed by atoms with Crippen molar-refractivity contribution in [2.45, 2.75) is 72.2 Å². The van der Waals surface area contributed by atoms with Crippen LogP contribution in [0, 0.1) is 11.8 Å². The molecule has 0 saturated carbocycles. The highest BCUT2D eigenvalue weighted by atomic mass is 16.5. The quantitative estimate of drug-likeness (QED) is 0.704. The molecule has 0 bridgehead atoms. The Labute approximate surface area is 110 Å². The topological polar surface area (TPSA) is 66.8 Å². The zero-order valence-electron chi connectivity index (χ0n) is 12.4. The summed E-state index contributed by atoms with van der Waals surface area (Å²) in [6.45, 7) is 11.2. The fourth-order valence-corrected chi connectivity index (χ4v) is 2.18. The third-order valence-corrected chi connectivity index (χ3v) is 2.96. The van der Waals surface area contributed by atoms with Gasteiger partial charge in [0, 0.05) is 0 Å².